The third kappa shape index (κ3) is 2.99. The fourth-order valence-corrected chi connectivity index (χ4v) is 3.63. The van der Waals surface area contributed by atoms with E-state index in [1.54, 1.807) is 7.11 Å². The standard InChI is InChI=1S/C17H26N2O/c1-20-17-5-3-2-4-16(17)12-10-15(11-12)19-14-8-6-13(18)7-9-14/h2-5,12-15,19H,6-11,18H2,1H3. The first kappa shape index (κ1) is 13.9. The largest absolute Gasteiger partial charge is 0.496 e. The summed E-state index contributed by atoms with van der Waals surface area (Å²) in [6, 6.07) is 10.2. The van der Waals surface area contributed by atoms with Gasteiger partial charge in [0.25, 0.3) is 0 Å². The molecule has 0 aliphatic heterocycles. The third-order valence-corrected chi connectivity index (χ3v) is 4.96. The van der Waals surface area contributed by atoms with Crippen LogP contribution in [0.25, 0.3) is 0 Å². The molecule has 0 heterocycles. The van der Waals surface area contributed by atoms with Gasteiger partial charge in [0, 0.05) is 18.1 Å². The molecule has 2 aliphatic rings. The van der Waals surface area contributed by atoms with Gasteiger partial charge in [0.1, 0.15) is 5.75 Å². The van der Waals surface area contributed by atoms with Crippen molar-refractivity contribution in [2.24, 2.45) is 5.73 Å². The molecule has 20 heavy (non-hydrogen) atoms. The van der Waals surface area contributed by atoms with Gasteiger partial charge in [-0.3, -0.25) is 0 Å². The van der Waals surface area contributed by atoms with Crippen LogP contribution in [-0.4, -0.2) is 25.2 Å². The van der Waals surface area contributed by atoms with E-state index in [1.807, 2.05) is 6.07 Å². The Morgan fingerprint density at radius 2 is 1.75 bits per heavy atom. The van der Waals surface area contributed by atoms with Crippen LogP contribution < -0.4 is 15.8 Å². The van der Waals surface area contributed by atoms with Crippen LogP contribution in [0, 0.1) is 0 Å². The molecule has 2 fully saturated rings. The molecule has 110 valence electrons. The van der Waals surface area contributed by atoms with E-state index in [-0.39, 0.29) is 0 Å². The minimum absolute atomic E-state index is 0.441. The second-order valence-corrected chi connectivity index (χ2v) is 6.39. The molecule has 0 amide bonds. The lowest BCUT2D eigenvalue weighted by atomic mass is 9.75. The fraction of sp³-hybridized carbons (Fsp3) is 0.647. The number of nitrogens with one attached hydrogen (secondary N) is 1. The minimum atomic E-state index is 0.441. The first-order valence-corrected chi connectivity index (χ1v) is 7.91. The molecule has 3 heteroatoms. The number of ether oxygens (including phenoxy) is 1. The van der Waals surface area contributed by atoms with Gasteiger partial charge in [0.2, 0.25) is 0 Å². The Labute approximate surface area is 121 Å². The summed E-state index contributed by atoms with van der Waals surface area (Å²) in [5.74, 6) is 1.70. The third-order valence-electron chi connectivity index (χ3n) is 4.96. The molecule has 3 rings (SSSR count). The second-order valence-electron chi connectivity index (χ2n) is 6.39. The Morgan fingerprint density at radius 1 is 1.05 bits per heavy atom. The molecule has 0 radical (unpaired) electrons. The van der Waals surface area contributed by atoms with E-state index < -0.39 is 0 Å². The number of para-hydroxylation sites is 1. The zero-order valence-corrected chi connectivity index (χ0v) is 12.3. The quantitative estimate of drug-likeness (QED) is 0.887. The van der Waals surface area contributed by atoms with E-state index in [0.717, 1.165) is 5.75 Å². The number of hydrogen-bond acceptors (Lipinski definition) is 3. The number of hydrogen-bond donors (Lipinski definition) is 2. The molecule has 2 saturated carbocycles. The molecule has 2 aliphatic carbocycles. The van der Waals surface area contributed by atoms with Crippen LogP contribution in [-0.2, 0) is 0 Å². The maximum atomic E-state index is 5.96. The Kier molecular flexibility index (Phi) is 4.27. The molecule has 0 atom stereocenters. The number of rotatable bonds is 4. The maximum Gasteiger partial charge on any atom is 0.122 e. The Morgan fingerprint density at radius 3 is 2.45 bits per heavy atom. The van der Waals surface area contributed by atoms with Gasteiger partial charge < -0.3 is 15.8 Å². The van der Waals surface area contributed by atoms with Crippen molar-refractivity contribution in [1.29, 1.82) is 0 Å². The summed E-state index contributed by atoms with van der Waals surface area (Å²) in [6.07, 6.45) is 7.33. The highest BCUT2D eigenvalue weighted by molar-refractivity contribution is 5.37. The summed E-state index contributed by atoms with van der Waals surface area (Å²) in [6.45, 7) is 0. The highest BCUT2D eigenvalue weighted by Crippen LogP contribution is 2.41. The summed E-state index contributed by atoms with van der Waals surface area (Å²) in [7, 11) is 1.76. The van der Waals surface area contributed by atoms with E-state index >= 15 is 0 Å². The van der Waals surface area contributed by atoms with Gasteiger partial charge in [-0.25, -0.2) is 0 Å². The lowest BCUT2D eigenvalue weighted by Gasteiger charge is -2.40. The Balaban J connectivity index is 1.49. The van der Waals surface area contributed by atoms with Crippen molar-refractivity contribution in [3.05, 3.63) is 29.8 Å². The van der Waals surface area contributed by atoms with E-state index in [0.29, 0.717) is 24.0 Å². The molecule has 3 N–H and O–H groups in total. The summed E-state index contributed by atoms with van der Waals surface area (Å²) >= 11 is 0. The van der Waals surface area contributed by atoms with Crippen LogP contribution in [0.2, 0.25) is 0 Å². The van der Waals surface area contributed by atoms with Gasteiger partial charge in [0.05, 0.1) is 7.11 Å². The van der Waals surface area contributed by atoms with Crippen molar-refractivity contribution in [2.75, 3.05) is 7.11 Å². The van der Waals surface area contributed by atoms with Crippen LogP contribution in [0.1, 0.15) is 50.0 Å². The SMILES string of the molecule is COc1ccccc1C1CC(NC2CCC(N)CC2)C1. The van der Waals surface area contributed by atoms with Crippen molar-refractivity contribution in [3.8, 4) is 5.75 Å². The van der Waals surface area contributed by atoms with Crippen molar-refractivity contribution < 1.29 is 4.74 Å². The zero-order chi connectivity index (χ0) is 13.9. The monoisotopic (exact) mass is 274 g/mol. The molecule has 3 nitrogen and oxygen atoms in total. The Hall–Kier alpha value is -1.06. The van der Waals surface area contributed by atoms with Crippen LogP contribution in [0.3, 0.4) is 0 Å². The van der Waals surface area contributed by atoms with Gasteiger partial charge in [0.15, 0.2) is 0 Å². The van der Waals surface area contributed by atoms with E-state index in [4.69, 9.17) is 10.5 Å². The van der Waals surface area contributed by atoms with Crippen LogP contribution in [0.4, 0.5) is 0 Å². The molecule has 1 aromatic rings. The van der Waals surface area contributed by atoms with Crippen LogP contribution >= 0.6 is 0 Å². The minimum Gasteiger partial charge on any atom is -0.496 e. The second kappa shape index (κ2) is 6.15. The Bertz CT molecular complexity index is 434. The van der Waals surface area contributed by atoms with Gasteiger partial charge in [-0.1, -0.05) is 18.2 Å². The smallest absolute Gasteiger partial charge is 0.122 e. The van der Waals surface area contributed by atoms with E-state index in [9.17, 15) is 0 Å². The average Bonchev–Trinajstić information content (AvgIpc) is 2.44. The lowest BCUT2D eigenvalue weighted by Crippen LogP contribution is -2.47. The maximum absolute atomic E-state index is 5.96. The van der Waals surface area contributed by atoms with Gasteiger partial charge in [-0.15, -0.1) is 0 Å². The summed E-state index contributed by atoms with van der Waals surface area (Å²) in [5.41, 5.74) is 7.34. The molecule has 0 saturated heterocycles. The van der Waals surface area contributed by atoms with Crippen molar-refractivity contribution in [2.45, 2.75) is 62.6 Å². The molecule has 0 unspecified atom stereocenters. The molecule has 0 aromatic heterocycles. The normalized spacial score (nSPS) is 33.5. The van der Waals surface area contributed by atoms with Crippen LogP contribution in [0.5, 0.6) is 5.75 Å². The highest BCUT2D eigenvalue weighted by atomic mass is 16.5. The number of benzene rings is 1. The van der Waals surface area contributed by atoms with Gasteiger partial charge >= 0.3 is 0 Å². The van der Waals surface area contributed by atoms with Gasteiger partial charge in [-0.2, -0.15) is 0 Å². The first-order valence-electron chi connectivity index (χ1n) is 7.91. The van der Waals surface area contributed by atoms with E-state index in [1.165, 1.54) is 44.1 Å². The van der Waals surface area contributed by atoms with E-state index in [2.05, 4.69) is 23.5 Å². The first-order chi connectivity index (χ1) is 9.76. The molecule has 0 bridgehead atoms. The van der Waals surface area contributed by atoms with Crippen molar-refractivity contribution >= 4 is 0 Å². The lowest BCUT2D eigenvalue weighted by molar-refractivity contribution is 0.229. The summed E-state index contributed by atoms with van der Waals surface area (Å²) < 4.78 is 5.46. The predicted octanol–water partition coefficient (Wildman–Crippen LogP) is 2.80. The molecule has 0 spiro atoms. The average molecular weight is 274 g/mol. The summed E-state index contributed by atoms with van der Waals surface area (Å²) in [5, 5.41) is 3.82. The number of nitrogens with two attached hydrogens (primary N) is 1. The topological polar surface area (TPSA) is 47.3 Å². The number of methoxy groups -OCH3 is 1. The fourth-order valence-electron chi connectivity index (χ4n) is 3.63. The zero-order valence-electron chi connectivity index (χ0n) is 12.3. The van der Waals surface area contributed by atoms with Crippen LogP contribution in [0.15, 0.2) is 24.3 Å². The highest BCUT2D eigenvalue weighted by Gasteiger charge is 2.33. The van der Waals surface area contributed by atoms with Crippen molar-refractivity contribution in [3.63, 3.8) is 0 Å². The van der Waals surface area contributed by atoms with Gasteiger partial charge in [-0.05, 0) is 56.1 Å². The molecular weight excluding hydrogens is 248 g/mol. The summed E-state index contributed by atoms with van der Waals surface area (Å²) in [4.78, 5) is 0. The molecule has 1 aromatic carbocycles. The molecular formula is C17H26N2O. The van der Waals surface area contributed by atoms with Crippen molar-refractivity contribution in [1.82, 2.24) is 5.32 Å². The predicted molar refractivity (Wildman–Crippen MR) is 82.1 cm³/mol.